The highest BCUT2D eigenvalue weighted by Gasteiger charge is 2.33. The second-order valence-corrected chi connectivity index (χ2v) is 7.23. The van der Waals surface area contributed by atoms with Crippen LogP contribution >= 0.6 is 11.3 Å². The summed E-state index contributed by atoms with van der Waals surface area (Å²) < 4.78 is 26.3. The van der Waals surface area contributed by atoms with Gasteiger partial charge in [0, 0.05) is 25.4 Å². The number of piperidine rings is 1. The summed E-state index contributed by atoms with van der Waals surface area (Å²) in [5.74, 6) is 0.0450. The third-order valence-electron chi connectivity index (χ3n) is 3.07. The van der Waals surface area contributed by atoms with Gasteiger partial charge in [0.25, 0.3) is 10.0 Å². The average molecular weight is 273 g/mol. The van der Waals surface area contributed by atoms with Gasteiger partial charge in [0.2, 0.25) is 0 Å². The van der Waals surface area contributed by atoms with Gasteiger partial charge in [-0.1, -0.05) is 13.0 Å². The van der Waals surface area contributed by atoms with Crippen LogP contribution in [0.3, 0.4) is 0 Å². The third kappa shape index (κ3) is 2.43. The number of hydrogen-bond acceptors (Lipinski definition) is 4. The van der Waals surface area contributed by atoms with Crippen molar-refractivity contribution in [3.8, 4) is 0 Å². The Morgan fingerprint density at radius 1 is 1.53 bits per heavy atom. The second-order valence-electron chi connectivity index (χ2n) is 4.12. The van der Waals surface area contributed by atoms with E-state index >= 15 is 0 Å². The number of Topliss-reactive ketones (excluding diaryl/α,β-unsaturated/α-hetero) is 1. The quantitative estimate of drug-likeness (QED) is 0.843. The maximum absolute atomic E-state index is 12.2. The molecule has 2 rings (SSSR count). The Kier molecular flexibility index (Phi) is 3.65. The summed E-state index contributed by atoms with van der Waals surface area (Å²) in [7, 11) is -3.39. The molecule has 0 aromatic carbocycles. The number of rotatable bonds is 3. The van der Waals surface area contributed by atoms with E-state index < -0.39 is 10.0 Å². The number of hydrogen-bond donors (Lipinski definition) is 0. The zero-order valence-electron chi connectivity index (χ0n) is 9.63. The van der Waals surface area contributed by atoms with Crippen LogP contribution in [0.5, 0.6) is 0 Å². The number of thiophene rings is 1. The molecule has 1 atom stereocenters. The predicted molar refractivity (Wildman–Crippen MR) is 66.5 cm³/mol. The van der Waals surface area contributed by atoms with Gasteiger partial charge in [-0.25, -0.2) is 8.42 Å². The van der Waals surface area contributed by atoms with Crippen LogP contribution in [-0.4, -0.2) is 31.6 Å². The number of carbonyl (C=O) groups is 1. The SMILES string of the molecule is CCC1CN(S(=O)(=O)c2cccs2)CCC1=O. The van der Waals surface area contributed by atoms with Crippen molar-refractivity contribution in [3.05, 3.63) is 17.5 Å². The highest BCUT2D eigenvalue weighted by atomic mass is 32.2. The fourth-order valence-electron chi connectivity index (χ4n) is 1.99. The first-order valence-corrected chi connectivity index (χ1v) is 7.94. The Labute approximate surface area is 105 Å². The molecule has 1 aliphatic rings. The molecule has 0 spiro atoms. The average Bonchev–Trinajstić information content (AvgIpc) is 2.83. The van der Waals surface area contributed by atoms with E-state index in [2.05, 4.69) is 0 Å². The number of carbonyl (C=O) groups excluding carboxylic acids is 1. The molecule has 0 N–H and O–H groups in total. The van der Waals surface area contributed by atoms with Crippen molar-refractivity contribution in [3.63, 3.8) is 0 Å². The molecule has 1 unspecified atom stereocenters. The fraction of sp³-hybridized carbons (Fsp3) is 0.545. The molecular formula is C11H15NO3S2. The summed E-state index contributed by atoms with van der Waals surface area (Å²) in [6, 6.07) is 3.33. The summed E-state index contributed by atoms with van der Waals surface area (Å²) in [5.41, 5.74) is 0. The maximum atomic E-state index is 12.2. The summed E-state index contributed by atoms with van der Waals surface area (Å²) in [5, 5.41) is 1.75. The molecule has 1 saturated heterocycles. The van der Waals surface area contributed by atoms with Gasteiger partial charge in [-0.05, 0) is 17.9 Å². The van der Waals surface area contributed by atoms with Crippen molar-refractivity contribution in [1.82, 2.24) is 4.31 Å². The lowest BCUT2D eigenvalue weighted by Gasteiger charge is -2.29. The zero-order chi connectivity index (χ0) is 12.5. The Hall–Kier alpha value is -0.720. The minimum absolute atomic E-state index is 0.140. The second kappa shape index (κ2) is 4.88. The van der Waals surface area contributed by atoms with Crippen LogP contribution in [0.1, 0.15) is 19.8 Å². The molecule has 4 nitrogen and oxygen atoms in total. The minimum atomic E-state index is -3.39. The van der Waals surface area contributed by atoms with E-state index in [0.717, 1.165) is 0 Å². The van der Waals surface area contributed by atoms with Crippen LogP contribution in [0.2, 0.25) is 0 Å². The molecule has 0 amide bonds. The van der Waals surface area contributed by atoms with Crippen molar-refractivity contribution in [1.29, 1.82) is 0 Å². The minimum Gasteiger partial charge on any atom is -0.299 e. The molecule has 1 aromatic rings. The van der Waals surface area contributed by atoms with Gasteiger partial charge in [-0.2, -0.15) is 4.31 Å². The highest BCUT2D eigenvalue weighted by Crippen LogP contribution is 2.25. The van der Waals surface area contributed by atoms with Gasteiger partial charge in [0.05, 0.1) is 0 Å². The van der Waals surface area contributed by atoms with Gasteiger partial charge >= 0.3 is 0 Å². The van der Waals surface area contributed by atoms with Gasteiger partial charge in [-0.15, -0.1) is 11.3 Å². The van der Waals surface area contributed by atoms with Crippen molar-refractivity contribution in [2.24, 2.45) is 5.92 Å². The van der Waals surface area contributed by atoms with Gasteiger partial charge in [-0.3, -0.25) is 4.79 Å². The summed E-state index contributed by atoms with van der Waals surface area (Å²) in [4.78, 5) is 11.6. The van der Waals surface area contributed by atoms with Crippen molar-refractivity contribution < 1.29 is 13.2 Å². The molecule has 0 bridgehead atoms. The molecule has 6 heteroatoms. The lowest BCUT2D eigenvalue weighted by atomic mass is 9.96. The highest BCUT2D eigenvalue weighted by molar-refractivity contribution is 7.91. The Balaban J connectivity index is 2.21. The summed E-state index contributed by atoms with van der Waals surface area (Å²) in [6.07, 6.45) is 1.04. The van der Waals surface area contributed by atoms with Crippen LogP contribution < -0.4 is 0 Å². The van der Waals surface area contributed by atoms with Crippen molar-refractivity contribution in [2.75, 3.05) is 13.1 Å². The topological polar surface area (TPSA) is 54.5 Å². The van der Waals surface area contributed by atoms with E-state index in [-0.39, 0.29) is 11.7 Å². The zero-order valence-corrected chi connectivity index (χ0v) is 11.3. The lowest BCUT2D eigenvalue weighted by molar-refractivity contribution is -0.125. The summed E-state index contributed by atoms with van der Waals surface area (Å²) in [6.45, 7) is 2.56. The first kappa shape index (κ1) is 12.7. The normalized spacial score (nSPS) is 22.9. The number of nitrogens with zero attached hydrogens (tertiary/aromatic N) is 1. The van der Waals surface area contributed by atoms with Crippen LogP contribution in [0.4, 0.5) is 0 Å². The Morgan fingerprint density at radius 3 is 2.88 bits per heavy atom. The maximum Gasteiger partial charge on any atom is 0.252 e. The van der Waals surface area contributed by atoms with E-state index in [4.69, 9.17) is 0 Å². The van der Waals surface area contributed by atoms with Crippen molar-refractivity contribution >= 4 is 27.1 Å². The monoisotopic (exact) mass is 273 g/mol. The molecular weight excluding hydrogens is 258 g/mol. The standard InChI is InChI=1S/C11H15NO3S2/c1-2-9-8-12(6-5-10(9)13)17(14,15)11-4-3-7-16-11/h3-4,7,9H,2,5-6,8H2,1H3. The molecule has 0 saturated carbocycles. The predicted octanol–water partition coefficient (Wildman–Crippen LogP) is 1.74. The Bertz CT molecular complexity index is 493. The van der Waals surface area contributed by atoms with Crippen LogP contribution in [0.15, 0.2) is 21.7 Å². The van der Waals surface area contributed by atoms with Gasteiger partial charge < -0.3 is 0 Å². The first-order valence-electron chi connectivity index (χ1n) is 5.62. The molecule has 94 valence electrons. The van der Waals surface area contributed by atoms with Gasteiger partial charge in [0.1, 0.15) is 9.99 Å². The first-order chi connectivity index (χ1) is 8.05. The van der Waals surface area contributed by atoms with Crippen molar-refractivity contribution in [2.45, 2.75) is 24.0 Å². The van der Waals surface area contributed by atoms with Crippen LogP contribution in [0.25, 0.3) is 0 Å². The molecule has 1 aliphatic heterocycles. The lowest BCUT2D eigenvalue weighted by Crippen LogP contribution is -2.43. The van der Waals surface area contributed by atoms with E-state index in [9.17, 15) is 13.2 Å². The molecule has 1 fully saturated rings. The number of sulfonamides is 1. The molecule has 2 heterocycles. The van der Waals surface area contributed by atoms with E-state index in [1.807, 2.05) is 6.92 Å². The smallest absolute Gasteiger partial charge is 0.252 e. The van der Waals surface area contributed by atoms with E-state index in [1.165, 1.54) is 15.6 Å². The van der Waals surface area contributed by atoms with Crippen LogP contribution in [0, 0.1) is 5.92 Å². The molecule has 17 heavy (non-hydrogen) atoms. The largest absolute Gasteiger partial charge is 0.299 e. The number of ketones is 1. The Morgan fingerprint density at radius 2 is 2.29 bits per heavy atom. The molecule has 0 aliphatic carbocycles. The third-order valence-corrected chi connectivity index (χ3v) is 6.31. The summed E-state index contributed by atoms with van der Waals surface area (Å²) >= 11 is 1.22. The fourth-order valence-corrected chi connectivity index (χ4v) is 4.62. The van der Waals surface area contributed by atoms with Gasteiger partial charge in [0.15, 0.2) is 0 Å². The van der Waals surface area contributed by atoms with E-state index in [0.29, 0.717) is 30.1 Å². The molecule has 0 radical (unpaired) electrons. The van der Waals surface area contributed by atoms with E-state index in [1.54, 1.807) is 17.5 Å². The molecule has 1 aromatic heterocycles. The van der Waals surface area contributed by atoms with Crippen LogP contribution in [-0.2, 0) is 14.8 Å².